The van der Waals surface area contributed by atoms with Crippen molar-refractivity contribution in [2.45, 2.75) is 31.7 Å². The van der Waals surface area contributed by atoms with Crippen molar-refractivity contribution < 1.29 is 9.59 Å². The lowest BCUT2D eigenvalue weighted by Crippen LogP contribution is -2.61. The predicted octanol–water partition coefficient (Wildman–Crippen LogP) is 1.07. The van der Waals surface area contributed by atoms with E-state index in [9.17, 15) is 9.59 Å². The van der Waals surface area contributed by atoms with E-state index in [2.05, 4.69) is 27.1 Å². The van der Waals surface area contributed by atoms with Gasteiger partial charge in [0.2, 0.25) is 5.91 Å². The van der Waals surface area contributed by atoms with E-state index >= 15 is 0 Å². The fraction of sp³-hybridized carbons (Fsp3) is 0.588. The third-order valence-corrected chi connectivity index (χ3v) is 5.21. The van der Waals surface area contributed by atoms with E-state index in [0.29, 0.717) is 12.0 Å². The van der Waals surface area contributed by atoms with E-state index in [1.807, 2.05) is 12.1 Å². The van der Waals surface area contributed by atoms with Gasteiger partial charge in [0.1, 0.15) is 5.82 Å². The Kier molecular flexibility index (Phi) is 4.35. The Bertz CT molecular complexity index is 601. The van der Waals surface area contributed by atoms with Gasteiger partial charge in [-0.15, -0.1) is 0 Å². The molecular weight excluding hydrogens is 292 g/mol. The monoisotopic (exact) mass is 316 g/mol. The Morgan fingerprint density at radius 3 is 2.83 bits per heavy atom. The molecule has 2 aliphatic heterocycles. The third kappa shape index (κ3) is 3.22. The van der Waals surface area contributed by atoms with E-state index in [-0.39, 0.29) is 17.2 Å². The maximum Gasteiger partial charge on any atom is 0.220 e. The first-order chi connectivity index (χ1) is 11.0. The zero-order chi connectivity index (χ0) is 16.4. The molecule has 0 saturated carbocycles. The smallest absolute Gasteiger partial charge is 0.220 e. The number of Topliss-reactive ketones (excluding diaryl/α,β-unsaturated/α-hetero) is 1. The first kappa shape index (κ1) is 15.9. The van der Waals surface area contributed by atoms with Gasteiger partial charge in [-0.05, 0) is 38.9 Å². The second-order valence-electron chi connectivity index (χ2n) is 6.63. The van der Waals surface area contributed by atoms with Crippen LogP contribution in [0, 0.1) is 0 Å². The van der Waals surface area contributed by atoms with Gasteiger partial charge in [-0.3, -0.25) is 14.5 Å². The fourth-order valence-electron chi connectivity index (χ4n) is 3.57. The van der Waals surface area contributed by atoms with E-state index < -0.39 is 0 Å². The minimum absolute atomic E-state index is 0.0122. The number of rotatable bonds is 2. The number of pyridine rings is 1. The number of hydrogen-bond donors (Lipinski definition) is 1. The van der Waals surface area contributed by atoms with Crippen LogP contribution in [-0.2, 0) is 4.79 Å². The summed E-state index contributed by atoms with van der Waals surface area (Å²) < 4.78 is 0. The zero-order valence-electron chi connectivity index (χ0n) is 13.8. The normalized spacial score (nSPS) is 26.0. The number of aromatic nitrogens is 1. The Morgan fingerprint density at radius 1 is 1.30 bits per heavy atom. The van der Waals surface area contributed by atoms with Crippen LogP contribution in [0.4, 0.5) is 5.82 Å². The number of carbonyl (C=O) groups excluding carboxylic acids is 2. The number of likely N-dealkylation sites (N-methyl/N-ethyl adjacent to an activating group) is 1. The molecule has 2 fully saturated rings. The van der Waals surface area contributed by atoms with Gasteiger partial charge in [0.25, 0.3) is 0 Å². The van der Waals surface area contributed by atoms with E-state index in [1.54, 1.807) is 13.1 Å². The number of nitrogens with one attached hydrogen (secondary N) is 1. The van der Waals surface area contributed by atoms with Gasteiger partial charge >= 0.3 is 0 Å². The molecule has 124 valence electrons. The van der Waals surface area contributed by atoms with Crippen LogP contribution in [0.15, 0.2) is 18.3 Å². The van der Waals surface area contributed by atoms with Gasteiger partial charge in [-0.25, -0.2) is 4.98 Å². The Morgan fingerprint density at radius 2 is 2.13 bits per heavy atom. The predicted molar refractivity (Wildman–Crippen MR) is 88.7 cm³/mol. The highest BCUT2D eigenvalue weighted by molar-refractivity contribution is 5.93. The molecule has 0 bridgehead atoms. The maximum atomic E-state index is 11.7. The molecule has 0 radical (unpaired) electrons. The van der Waals surface area contributed by atoms with Crippen LogP contribution in [0.3, 0.4) is 0 Å². The lowest BCUT2D eigenvalue weighted by Gasteiger charge is -2.49. The Hall–Kier alpha value is -1.95. The molecule has 6 nitrogen and oxygen atoms in total. The van der Waals surface area contributed by atoms with Crippen LogP contribution in [-0.4, -0.2) is 60.3 Å². The van der Waals surface area contributed by atoms with Crippen LogP contribution in [0.5, 0.6) is 0 Å². The molecule has 3 heterocycles. The van der Waals surface area contributed by atoms with E-state index in [1.165, 1.54) is 0 Å². The second-order valence-corrected chi connectivity index (χ2v) is 6.63. The summed E-state index contributed by atoms with van der Waals surface area (Å²) in [5.74, 6) is 1.09. The third-order valence-electron chi connectivity index (χ3n) is 5.21. The highest BCUT2D eigenvalue weighted by Gasteiger charge is 2.41. The fourth-order valence-corrected chi connectivity index (χ4v) is 3.57. The molecule has 1 spiro atoms. The van der Waals surface area contributed by atoms with Crippen molar-refractivity contribution in [2.24, 2.45) is 0 Å². The van der Waals surface area contributed by atoms with Crippen molar-refractivity contribution in [1.29, 1.82) is 0 Å². The van der Waals surface area contributed by atoms with Gasteiger partial charge in [0, 0.05) is 49.9 Å². The summed E-state index contributed by atoms with van der Waals surface area (Å²) in [7, 11) is 2.15. The number of amides is 1. The number of ketones is 1. The summed E-state index contributed by atoms with van der Waals surface area (Å²) >= 11 is 0. The molecule has 23 heavy (non-hydrogen) atoms. The topological polar surface area (TPSA) is 65.5 Å². The van der Waals surface area contributed by atoms with E-state index in [4.69, 9.17) is 0 Å². The first-order valence-electron chi connectivity index (χ1n) is 8.20. The molecule has 1 N–H and O–H groups in total. The van der Waals surface area contributed by atoms with E-state index in [0.717, 1.165) is 44.8 Å². The van der Waals surface area contributed by atoms with Crippen LogP contribution in [0.2, 0.25) is 0 Å². The van der Waals surface area contributed by atoms with Gasteiger partial charge in [-0.1, -0.05) is 0 Å². The van der Waals surface area contributed by atoms with Crippen molar-refractivity contribution in [3.05, 3.63) is 23.9 Å². The van der Waals surface area contributed by atoms with Gasteiger partial charge in [-0.2, -0.15) is 0 Å². The Balaban J connectivity index is 1.79. The number of nitrogens with zero attached hydrogens (tertiary/aromatic N) is 3. The lowest BCUT2D eigenvalue weighted by molar-refractivity contribution is -0.120. The van der Waals surface area contributed by atoms with Gasteiger partial charge in [0.05, 0.1) is 0 Å². The van der Waals surface area contributed by atoms with Crippen molar-refractivity contribution in [3.63, 3.8) is 0 Å². The largest absolute Gasteiger partial charge is 0.356 e. The molecule has 3 rings (SSSR count). The molecule has 1 amide bonds. The SMILES string of the molecule is CC(=O)c1ccc(N2CCN(C)[C@@]3(CCNC(=O)CC3)C2)nc1. The number of carbonyl (C=O) groups is 2. The highest BCUT2D eigenvalue weighted by atomic mass is 16.1. The average Bonchev–Trinajstić information content (AvgIpc) is 2.73. The molecule has 6 heteroatoms. The van der Waals surface area contributed by atoms with Gasteiger partial charge in [0.15, 0.2) is 5.78 Å². The van der Waals surface area contributed by atoms with Gasteiger partial charge < -0.3 is 10.2 Å². The summed E-state index contributed by atoms with van der Waals surface area (Å²) in [4.78, 5) is 32.2. The number of hydrogen-bond acceptors (Lipinski definition) is 5. The van der Waals surface area contributed by atoms with Crippen LogP contribution in [0.1, 0.15) is 36.5 Å². The second kappa shape index (κ2) is 6.28. The minimum Gasteiger partial charge on any atom is -0.356 e. The minimum atomic E-state index is 0.0122. The summed E-state index contributed by atoms with van der Waals surface area (Å²) in [6.45, 7) is 5.01. The summed E-state index contributed by atoms with van der Waals surface area (Å²) in [6.07, 6.45) is 4.06. The molecule has 1 aromatic rings. The Labute approximate surface area is 136 Å². The van der Waals surface area contributed by atoms with Crippen LogP contribution in [0.25, 0.3) is 0 Å². The summed E-state index contributed by atoms with van der Waals surface area (Å²) in [5.41, 5.74) is 0.653. The molecular formula is C17H24N4O2. The molecule has 0 aliphatic carbocycles. The van der Waals surface area contributed by atoms with Crippen molar-refractivity contribution in [3.8, 4) is 0 Å². The van der Waals surface area contributed by atoms with Crippen molar-refractivity contribution >= 4 is 17.5 Å². The zero-order valence-corrected chi connectivity index (χ0v) is 13.8. The number of anilines is 1. The molecule has 1 atom stereocenters. The molecule has 0 aromatic carbocycles. The number of piperazine rings is 1. The molecule has 2 saturated heterocycles. The maximum absolute atomic E-state index is 11.7. The summed E-state index contributed by atoms with van der Waals surface area (Å²) in [6, 6.07) is 3.77. The molecule has 2 aliphatic rings. The quantitative estimate of drug-likeness (QED) is 0.827. The molecule has 0 unspecified atom stereocenters. The summed E-state index contributed by atoms with van der Waals surface area (Å²) in [5, 5.41) is 2.97. The van der Waals surface area contributed by atoms with Crippen LogP contribution >= 0.6 is 0 Å². The lowest BCUT2D eigenvalue weighted by atomic mass is 9.86. The van der Waals surface area contributed by atoms with Crippen LogP contribution < -0.4 is 10.2 Å². The van der Waals surface area contributed by atoms with Crippen molar-refractivity contribution in [1.82, 2.24) is 15.2 Å². The highest BCUT2D eigenvalue weighted by Crippen LogP contribution is 2.32. The standard InChI is InChI=1S/C17H24N4O2/c1-13(22)14-3-4-15(19-11-14)21-10-9-20(2)17(12-21)6-5-16(23)18-8-7-17/h3-4,11H,5-10,12H2,1-2H3,(H,18,23)/t17-/m0/s1. The average molecular weight is 316 g/mol. The van der Waals surface area contributed by atoms with Crippen molar-refractivity contribution in [2.75, 3.05) is 38.1 Å². The molecule has 1 aromatic heterocycles. The first-order valence-corrected chi connectivity index (χ1v) is 8.20.